The second kappa shape index (κ2) is 8.66. The van der Waals surface area contributed by atoms with Crippen LogP contribution in [0, 0.1) is 6.92 Å². The predicted molar refractivity (Wildman–Crippen MR) is 108 cm³/mol. The van der Waals surface area contributed by atoms with Crippen molar-refractivity contribution in [3.8, 4) is 11.5 Å². The molecule has 2 heterocycles. The van der Waals surface area contributed by atoms with E-state index in [0.717, 1.165) is 5.56 Å². The van der Waals surface area contributed by atoms with E-state index in [2.05, 4.69) is 25.7 Å². The minimum Gasteiger partial charge on any atom is -0.451 e. The van der Waals surface area contributed by atoms with Gasteiger partial charge in [-0.15, -0.1) is 15.3 Å². The first-order valence-electron chi connectivity index (χ1n) is 8.88. The molecule has 0 aliphatic heterocycles. The summed E-state index contributed by atoms with van der Waals surface area (Å²) in [7, 11) is 0. The van der Waals surface area contributed by atoms with Crippen LogP contribution in [0.2, 0.25) is 5.02 Å². The Morgan fingerprint density at radius 2 is 1.87 bits per heavy atom. The lowest BCUT2D eigenvalue weighted by Crippen LogP contribution is -2.15. The fourth-order valence-corrected chi connectivity index (χ4v) is 2.72. The Balaban J connectivity index is 1.52. The number of tetrazole rings is 1. The van der Waals surface area contributed by atoms with E-state index in [0.29, 0.717) is 22.3 Å². The summed E-state index contributed by atoms with van der Waals surface area (Å²) < 4.78 is 12.2. The zero-order chi connectivity index (χ0) is 20.9. The van der Waals surface area contributed by atoms with Crippen molar-refractivity contribution < 1.29 is 13.9 Å². The van der Waals surface area contributed by atoms with Crippen molar-refractivity contribution in [3.63, 3.8) is 0 Å². The number of halogens is 1. The molecular formula is C20H15ClN6O3. The molecule has 0 amide bonds. The number of aryl methyl sites for hydroxylation is 1. The first-order valence-corrected chi connectivity index (χ1v) is 9.25. The number of benzene rings is 2. The minimum absolute atomic E-state index is 0.154. The molecule has 30 heavy (non-hydrogen) atoms. The number of carbonyl (C=O) groups is 1. The van der Waals surface area contributed by atoms with E-state index < -0.39 is 5.97 Å². The van der Waals surface area contributed by atoms with Gasteiger partial charge < -0.3 is 9.15 Å². The quantitative estimate of drug-likeness (QED) is 0.343. The first kappa shape index (κ1) is 19.5. The SMILES string of the molecule is Cc1nnnn1/C(=C/c1ccccc1)C(=O)OCc1nnc(-c2ccc(Cl)cc2)o1. The number of nitrogens with zero attached hydrogens (tertiary/aromatic N) is 6. The highest BCUT2D eigenvalue weighted by atomic mass is 35.5. The minimum atomic E-state index is -0.638. The molecule has 0 saturated heterocycles. The monoisotopic (exact) mass is 422 g/mol. The third-order valence-corrected chi connectivity index (χ3v) is 4.30. The van der Waals surface area contributed by atoms with Gasteiger partial charge in [0.2, 0.25) is 5.89 Å². The van der Waals surface area contributed by atoms with Crippen molar-refractivity contribution in [2.45, 2.75) is 13.5 Å². The van der Waals surface area contributed by atoms with Gasteiger partial charge in [-0.25, -0.2) is 4.79 Å². The van der Waals surface area contributed by atoms with Gasteiger partial charge in [-0.1, -0.05) is 41.9 Å². The molecule has 0 aliphatic rings. The third-order valence-electron chi connectivity index (χ3n) is 4.05. The van der Waals surface area contributed by atoms with Gasteiger partial charge in [0.1, 0.15) is 0 Å². The van der Waals surface area contributed by atoms with Crippen molar-refractivity contribution in [1.82, 2.24) is 30.4 Å². The molecule has 0 N–H and O–H groups in total. The standard InChI is InChI=1S/C20H15ClN6O3/c1-13-22-25-26-27(13)17(11-14-5-3-2-4-6-14)20(28)29-12-18-23-24-19(30-18)15-7-9-16(21)10-8-15/h2-11H,12H2,1H3/b17-11+. The Morgan fingerprint density at radius 3 is 2.57 bits per heavy atom. The molecule has 150 valence electrons. The Kier molecular flexibility index (Phi) is 5.62. The van der Waals surface area contributed by atoms with Crippen molar-refractivity contribution >= 4 is 29.3 Å². The van der Waals surface area contributed by atoms with Crippen LogP contribution in [-0.4, -0.2) is 36.4 Å². The van der Waals surface area contributed by atoms with Crippen molar-refractivity contribution in [2.75, 3.05) is 0 Å². The van der Waals surface area contributed by atoms with Crippen LogP contribution in [-0.2, 0) is 16.1 Å². The van der Waals surface area contributed by atoms with Gasteiger partial charge in [-0.3, -0.25) is 0 Å². The number of hydrogen-bond donors (Lipinski definition) is 0. The lowest BCUT2D eigenvalue weighted by Gasteiger charge is -2.07. The molecule has 10 heteroatoms. The van der Waals surface area contributed by atoms with Crippen LogP contribution in [0.3, 0.4) is 0 Å². The molecule has 2 aromatic heterocycles. The second-order valence-corrected chi connectivity index (χ2v) is 6.60. The molecule has 0 atom stereocenters. The lowest BCUT2D eigenvalue weighted by atomic mass is 10.2. The Hall–Kier alpha value is -3.85. The molecule has 4 aromatic rings. The summed E-state index contributed by atoms with van der Waals surface area (Å²) in [5.41, 5.74) is 1.65. The van der Waals surface area contributed by atoms with E-state index in [4.69, 9.17) is 20.8 Å². The fraction of sp³-hybridized carbons (Fsp3) is 0.100. The van der Waals surface area contributed by atoms with Gasteiger partial charge in [0, 0.05) is 10.6 Å². The van der Waals surface area contributed by atoms with Crippen LogP contribution in [0.15, 0.2) is 59.0 Å². The topological polar surface area (TPSA) is 109 Å². The lowest BCUT2D eigenvalue weighted by molar-refractivity contribution is -0.139. The number of rotatable bonds is 6. The first-order chi connectivity index (χ1) is 14.6. The molecule has 0 aliphatic carbocycles. The maximum Gasteiger partial charge on any atom is 0.357 e. The van der Waals surface area contributed by atoms with Gasteiger partial charge in [0.05, 0.1) is 0 Å². The molecule has 0 bridgehead atoms. The van der Waals surface area contributed by atoms with Crippen LogP contribution < -0.4 is 0 Å². The van der Waals surface area contributed by atoms with Crippen molar-refractivity contribution in [1.29, 1.82) is 0 Å². The van der Waals surface area contributed by atoms with E-state index in [9.17, 15) is 4.79 Å². The molecule has 0 unspecified atom stereocenters. The number of carbonyl (C=O) groups excluding carboxylic acids is 1. The average molecular weight is 423 g/mol. The van der Waals surface area contributed by atoms with E-state index in [1.54, 1.807) is 37.3 Å². The maximum atomic E-state index is 12.8. The summed E-state index contributed by atoms with van der Waals surface area (Å²) in [5, 5.41) is 19.8. The second-order valence-electron chi connectivity index (χ2n) is 6.16. The van der Waals surface area contributed by atoms with Crippen LogP contribution in [0.5, 0.6) is 0 Å². The van der Waals surface area contributed by atoms with Crippen LogP contribution in [0.25, 0.3) is 23.2 Å². The summed E-state index contributed by atoms with van der Waals surface area (Å²) in [5.74, 6) is 0.257. The van der Waals surface area contributed by atoms with Gasteiger partial charge in [0.15, 0.2) is 18.1 Å². The molecule has 2 aromatic carbocycles. The average Bonchev–Trinajstić information content (AvgIpc) is 3.41. The number of hydrogen-bond acceptors (Lipinski definition) is 8. The highest BCUT2D eigenvalue weighted by molar-refractivity contribution is 6.30. The maximum absolute atomic E-state index is 12.8. The van der Waals surface area contributed by atoms with Gasteiger partial charge >= 0.3 is 5.97 Å². The van der Waals surface area contributed by atoms with Gasteiger partial charge in [0.25, 0.3) is 5.89 Å². The summed E-state index contributed by atoms with van der Waals surface area (Å²) in [4.78, 5) is 12.8. The largest absolute Gasteiger partial charge is 0.451 e. The molecule has 0 radical (unpaired) electrons. The fourth-order valence-electron chi connectivity index (χ4n) is 2.59. The Bertz CT molecular complexity index is 1180. The third kappa shape index (κ3) is 4.41. The van der Waals surface area contributed by atoms with E-state index >= 15 is 0 Å². The number of ether oxygens (including phenoxy) is 1. The van der Waals surface area contributed by atoms with E-state index in [1.165, 1.54) is 4.68 Å². The van der Waals surface area contributed by atoms with Gasteiger partial charge in [-0.05, 0) is 53.3 Å². The number of esters is 1. The Labute approximate surface area is 176 Å². The number of aromatic nitrogens is 6. The molecule has 4 rings (SSSR count). The zero-order valence-corrected chi connectivity index (χ0v) is 16.5. The molecule has 0 spiro atoms. The summed E-state index contributed by atoms with van der Waals surface area (Å²) >= 11 is 5.88. The van der Waals surface area contributed by atoms with Crippen LogP contribution in [0.4, 0.5) is 0 Å². The van der Waals surface area contributed by atoms with Gasteiger partial charge in [-0.2, -0.15) is 4.68 Å². The van der Waals surface area contributed by atoms with Crippen molar-refractivity contribution in [2.24, 2.45) is 0 Å². The Morgan fingerprint density at radius 1 is 1.10 bits per heavy atom. The summed E-state index contributed by atoms with van der Waals surface area (Å²) in [6.45, 7) is 1.48. The molecule has 0 saturated carbocycles. The smallest absolute Gasteiger partial charge is 0.357 e. The summed E-state index contributed by atoms with van der Waals surface area (Å²) in [6, 6.07) is 16.2. The normalized spacial score (nSPS) is 11.5. The zero-order valence-electron chi connectivity index (χ0n) is 15.8. The van der Waals surface area contributed by atoms with Crippen LogP contribution >= 0.6 is 11.6 Å². The molecule has 0 fully saturated rings. The summed E-state index contributed by atoms with van der Waals surface area (Å²) in [6.07, 6.45) is 1.64. The van der Waals surface area contributed by atoms with E-state index in [1.807, 2.05) is 30.3 Å². The van der Waals surface area contributed by atoms with Crippen LogP contribution in [0.1, 0.15) is 17.3 Å². The van der Waals surface area contributed by atoms with E-state index in [-0.39, 0.29) is 18.2 Å². The highest BCUT2D eigenvalue weighted by Crippen LogP contribution is 2.21. The predicted octanol–water partition coefficient (Wildman–Crippen LogP) is 3.43. The molecular weight excluding hydrogens is 408 g/mol. The highest BCUT2D eigenvalue weighted by Gasteiger charge is 2.19. The van der Waals surface area contributed by atoms with Crippen molar-refractivity contribution in [3.05, 3.63) is 76.9 Å². The molecule has 9 nitrogen and oxygen atoms in total.